The fourth-order valence-corrected chi connectivity index (χ4v) is 7.09. The molecule has 5 rings (SSSR count). The number of aliphatic carboxylic acids is 1. The molecule has 2 aliphatic heterocycles. The van der Waals surface area contributed by atoms with E-state index in [1.54, 1.807) is 0 Å². The lowest BCUT2D eigenvalue weighted by Crippen LogP contribution is -2.33. The number of rotatable bonds is 4. The first-order valence-corrected chi connectivity index (χ1v) is 13.0. The van der Waals surface area contributed by atoms with Gasteiger partial charge in [-0.15, -0.1) is 0 Å². The van der Waals surface area contributed by atoms with E-state index in [1.807, 2.05) is 12.1 Å². The van der Waals surface area contributed by atoms with Gasteiger partial charge in [0, 0.05) is 26.6 Å². The van der Waals surface area contributed by atoms with Gasteiger partial charge >= 0.3 is 5.97 Å². The molecular weight excluding hydrogens is 576 g/mol. The summed E-state index contributed by atoms with van der Waals surface area (Å²) in [6, 6.07) is 13.0. The second kappa shape index (κ2) is 8.59. The molecule has 2 unspecified atom stereocenters. The van der Waals surface area contributed by atoms with Crippen LogP contribution in [0.4, 0.5) is 11.4 Å². The molecule has 1 N–H and O–H groups in total. The summed E-state index contributed by atoms with van der Waals surface area (Å²) < 4.78 is 2.32. The molecule has 9 heteroatoms. The molecule has 5 nitrogen and oxygen atoms in total. The number of thiocarbonyl (C=S) groups is 1. The zero-order valence-electron chi connectivity index (χ0n) is 16.8. The number of nitrogens with zero attached hydrogens (tertiary/aromatic N) is 2. The number of halogens is 2. The number of thioether (sulfide) groups is 1. The van der Waals surface area contributed by atoms with Crippen molar-refractivity contribution in [1.82, 2.24) is 4.90 Å². The quantitative estimate of drug-likeness (QED) is 0.332. The summed E-state index contributed by atoms with van der Waals surface area (Å²) in [7, 11) is 0. The Morgan fingerprint density at radius 2 is 1.97 bits per heavy atom. The molecule has 0 radical (unpaired) electrons. The number of anilines is 2. The summed E-state index contributed by atoms with van der Waals surface area (Å²) in [6.07, 6.45) is 5.29. The Morgan fingerprint density at radius 1 is 1.22 bits per heavy atom. The first kappa shape index (κ1) is 22.1. The van der Waals surface area contributed by atoms with Gasteiger partial charge in [-0.05, 0) is 82.4 Å². The van der Waals surface area contributed by atoms with Crippen molar-refractivity contribution in [1.29, 1.82) is 0 Å². The number of hydrogen-bond donors (Lipinski definition) is 1. The number of carboxylic acids is 1. The van der Waals surface area contributed by atoms with Crippen LogP contribution in [-0.4, -0.2) is 38.8 Å². The Balaban J connectivity index is 1.53. The summed E-state index contributed by atoms with van der Waals surface area (Å²) in [5.74, 6) is -0.989. The third-order valence-electron chi connectivity index (χ3n) is 6.14. The van der Waals surface area contributed by atoms with Gasteiger partial charge in [-0.3, -0.25) is 14.5 Å². The zero-order chi connectivity index (χ0) is 22.6. The number of hydrogen-bond acceptors (Lipinski definition) is 5. The summed E-state index contributed by atoms with van der Waals surface area (Å²) in [5.41, 5.74) is 4.57. The lowest BCUT2D eigenvalue weighted by molar-refractivity contribution is -0.140. The summed E-state index contributed by atoms with van der Waals surface area (Å²) in [5, 5.41) is 9.05. The molecule has 1 saturated carbocycles. The lowest BCUT2D eigenvalue weighted by Gasteiger charge is -2.28. The van der Waals surface area contributed by atoms with Gasteiger partial charge in [0.15, 0.2) is 0 Å². The number of benzene rings is 2. The molecule has 0 spiro atoms. The number of carbonyl (C=O) groups excluding carboxylic acids is 1. The summed E-state index contributed by atoms with van der Waals surface area (Å²) >= 11 is 13.7. The number of carboxylic acid groups (broad SMARTS) is 1. The lowest BCUT2D eigenvalue weighted by atomic mass is 9.96. The SMILES string of the molecule is O=C(O)CN1C(=O)/C(=C\c2cc(Br)c3c(c2)C2CCCC2N3c2ccc(Br)cc2)SC1=S. The van der Waals surface area contributed by atoms with Gasteiger partial charge in [-0.2, -0.15) is 0 Å². The predicted octanol–water partition coefficient (Wildman–Crippen LogP) is 6.29. The van der Waals surface area contributed by atoms with Crippen molar-refractivity contribution < 1.29 is 14.7 Å². The van der Waals surface area contributed by atoms with Gasteiger partial charge in [0.1, 0.15) is 10.9 Å². The highest BCUT2D eigenvalue weighted by Gasteiger charge is 2.43. The predicted molar refractivity (Wildman–Crippen MR) is 138 cm³/mol. The molecule has 2 heterocycles. The average Bonchev–Trinajstić information content (AvgIpc) is 3.39. The highest BCUT2D eigenvalue weighted by molar-refractivity contribution is 9.10. The zero-order valence-corrected chi connectivity index (χ0v) is 21.6. The van der Waals surface area contributed by atoms with Gasteiger partial charge in [0.2, 0.25) is 0 Å². The minimum absolute atomic E-state index is 0.279. The number of fused-ring (bicyclic) bond motifs is 3. The van der Waals surface area contributed by atoms with Gasteiger partial charge in [0.05, 0.1) is 10.6 Å². The third kappa shape index (κ3) is 3.83. The largest absolute Gasteiger partial charge is 0.480 e. The van der Waals surface area contributed by atoms with Crippen molar-refractivity contribution >= 4 is 89.5 Å². The Morgan fingerprint density at radius 3 is 2.69 bits per heavy atom. The molecule has 2 atom stereocenters. The molecular formula is C23H18Br2N2O3S2. The van der Waals surface area contributed by atoms with Crippen LogP contribution >= 0.6 is 55.8 Å². The van der Waals surface area contributed by atoms with Gasteiger partial charge < -0.3 is 10.0 Å². The smallest absolute Gasteiger partial charge is 0.323 e. The molecule has 2 fully saturated rings. The average molecular weight is 594 g/mol. The van der Waals surface area contributed by atoms with Crippen LogP contribution < -0.4 is 4.90 Å². The summed E-state index contributed by atoms with van der Waals surface area (Å²) in [4.78, 5) is 27.8. The molecule has 164 valence electrons. The van der Waals surface area contributed by atoms with E-state index in [9.17, 15) is 9.59 Å². The van der Waals surface area contributed by atoms with Gasteiger partial charge in [-0.25, -0.2) is 0 Å². The van der Waals surface area contributed by atoms with Crippen LogP contribution in [-0.2, 0) is 9.59 Å². The van der Waals surface area contributed by atoms with Crippen LogP contribution in [0.25, 0.3) is 6.08 Å². The van der Waals surface area contributed by atoms with E-state index < -0.39 is 12.5 Å². The van der Waals surface area contributed by atoms with Crippen LogP contribution in [0.1, 0.15) is 36.3 Å². The number of amides is 1. The molecule has 2 aromatic rings. The maximum absolute atomic E-state index is 12.7. The third-order valence-corrected chi connectivity index (χ3v) is 8.65. The Bertz CT molecular complexity index is 1180. The second-order valence-electron chi connectivity index (χ2n) is 8.05. The highest BCUT2D eigenvalue weighted by Crippen LogP contribution is 2.55. The van der Waals surface area contributed by atoms with Crippen molar-refractivity contribution in [3.05, 3.63) is 61.4 Å². The fraction of sp³-hybridized carbons (Fsp3) is 0.261. The molecule has 2 aromatic carbocycles. The normalized spacial score (nSPS) is 23.2. The molecule has 1 aliphatic carbocycles. The fourth-order valence-electron chi connectivity index (χ4n) is 4.89. The molecule has 32 heavy (non-hydrogen) atoms. The molecule has 1 amide bonds. The highest BCUT2D eigenvalue weighted by atomic mass is 79.9. The van der Waals surface area contributed by atoms with E-state index in [-0.39, 0.29) is 10.2 Å². The van der Waals surface area contributed by atoms with Crippen LogP contribution in [0, 0.1) is 0 Å². The van der Waals surface area contributed by atoms with E-state index in [2.05, 4.69) is 67.1 Å². The minimum atomic E-state index is -1.08. The van der Waals surface area contributed by atoms with Crippen molar-refractivity contribution in [2.24, 2.45) is 0 Å². The van der Waals surface area contributed by atoms with Crippen molar-refractivity contribution in [2.45, 2.75) is 31.2 Å². The van der Waals surface area contributed by atoms with Crippen molar-refractivity contribution in [3.8, 4) is 0 Å². The van der Waals surface area contributed by atoms with E-state index in [0.29, 0.717) is 16.9 Å². The van der Waals surface area contributed by atoms with Crippen LogP contribution in [0.3, 0.4) is 0 Å². The van der Waals surface area contributed by atoms with Crippen molar-refractivity contribution in [2.75, 3.05) is 11.4 Å². The van der Waals surface area contributed by atoms with E-state index >= 15 is 0 Å². The maximum atomic E-state index is 12.7. The molecule has 3 aliphatic rings. The maximum Gasteiger partial charge on any atom is 0.323 e. The van der Waals surface area contributed by atoms with Crippen molar-refractivity contribution in [3.63, 3.8) is 0 Å². The first-order valence-electron chi connectivity index (χ1n) is 10.2. The van der Waals surface area contributed by atoms with E-state index in [4.69, 9.17) is 17.3 Å². The molecule has 1 saturated heterocycles. The monoisotopic (exact) mass is 592 g/mol. The standard InChI is InChI=1S/C23H18Br2N2O3S2/c24-13-4-6-14(7-5-13)27-18-3-1-2-15(18)16-8-12(9-17(25)21(16)27)10-19-22(30)26(11-20(28)29)23(31)32-19/h4-10,15,18H,1-3,11H2,(H,28,29)/b19-10+. The number of carbonyl (C=O) groups is 2. The Labute approximate surface area is 212 Å². The van der Waals surface area contributed by atoms with E-state index in [0.717, 1.165) is 44.0 Å². The van der Waals surface area contributed by atoms with Crippen LogP contribution in [0.15, 0.2) is 50.2 Å². The van der Waals surface area contributed by atoms with Gasteiger partial charge in [-0.1, -0.05) is 46.3 Å². The minimum Gasteiger partial charge on any atom is -0.480 e. The van der Waals surface area contributed by atoms with Crippen LogP contribution in [0.2, 0.25) is 0 Å². The van der Waals surface area contributed by atoms with E-state index in [1.165, 1.54) is 23.4 Å². The topological polar surface area (TPSA) is 60.9 Å². The second-order valence-corrected chi connectivity index (χ2v) is 11.5. The summed E-state index contributed by atoms with van der Waals surface area (Å²) in [6.45, 7) is -0.415. The first-order chi connectivity index (χ1) is 15.3. The van der Waals surface area contributed by atoms with Gasteiger partial charge in [0.25, 0.3) is 5.91 Å². The molecule has 0 bridgehead atoms. The molecule has 0 aromatic heterocycles. The Hall–Kier alpha value is -1.68. The Kier molecular flexibility index (Phi) is 5.94. The van der Waals surface area contributed by atoms with Crippen LogP contribution in [0.5, 0.6) is 0 Å².